The number of carbonyl (C=O) groups is 1. The second-order valence-corrected chi connectivity index (χ2v) is 12.6. The third-order valence-corrected chi connectivity index (χ3v) is 8.77. The van der Waals surface area contributed by atoms with Gasteiger partial charge >= 0.3 is 0 Å². The molecule has 18 heteroatoms. The Balaban J connectivity index is 1.46. The molecule has 17 nitrogen and oxygen atoms in total. The standard InChI is InChI=1S/C28H42INO16/c1-11(33)30-17-21(37)18(34)14(8-31)43-26(17)46-25-23(39)19(35)15(9-32)44-28(25)42-10-16-20(36)22(38)24(40)27(45-16)41-7-6-12-2-4-13(29)5-3-12/h2-5,14-28,31-32,34-40H,6-10H2,1H3,(H,30,33)/t14-,15-,16-,17-,18-,19-,20-,21-,22+,23+,24-,25+,26+,27-,28+/m1/s1/i29-2. The molecule has 0 radical (unpaired) electrons. The number of amides is 1. The molecule has 0 aromatic heterocycles. The highest BCUT2D eigenvalue weighted by Gasteiger charge is 2.52. The number of benzene rings is 1. The van der Waals surface area contributed by atoms with Crippen molar-refractivity contribution in [1.29, 1.82) is 0 Å². The topological polar surface area (TPSA) is 267 Å². The lowest BCUT2D eigenvalue weighted by molar-refractivity contribution is -0.363. The van der Waals surface area contributed by atoms with E-state index in [0.717, 1.165) is 16.1 Å². The summed E-state index contributed by atoms with van der Waals surface area (Å²) in [5.74, 6) is -0.635. The van der Waals surface area contributed by atoms with Crippen LogP contribution in [0.25, 0.3) is 0 Å². The van der Waals surface area contributed by atoms with Gasteiger partial charge in [0.15, 0.2) is 18.9 Å². The monoisotopic (exact) mass is 773 g/mol. The Kier molecular flexibility index (Phi) is 13.9. The minimum Gasteiger partial charge on any atom is -0.394 e. The lowest BCUT2D eigenvalue weighted by Crippen LogP contribution is -2.67. The van der Waals surface area contributed by atoms with E-state index in [1.807, 2.05) is 24.3 Å². The number of carbonyl (C=O) groups excluding carboxylic acids is 1. The van der Waals surface area contributed by atoms with Gasteiger partial charge in [-0.05, 0) is 46.7 Å². The zero-order valence-corrected chi connectivity index (χ0v) is 26.9. The fraction of sp³-hybridized carbons (Fsp3) is 0.750. The molecule has 46 heavy (non-hydrogen) atoms. The van der Waals surface area contributed by atoms with E-state index in [1.54, 1.807) is 0 Å². The molecule has 3 aliphatic rings. The number of rotatable bonds is 12. The van der Waals surface area contributed by atoms with Gasteiger partial charge in [0.1, 0.15) is 73.2 Å². The molecule has 0 bridgehead atoms. The highest BCUT2D eigenvalue weighted by Crippen LogP contribution is 2.31. The summed E-state index contributed by atoms with van der Waals surface area (Å²) >= 11 is 2.18. The van der Waals surface area contributed by atoms with Crippen LogP contribution in [0, 0.1) is 3.57 Å². The van der Waals surface area contributed by atoms with Gasteiger partial charge in [0.2, 0.25) is 5.91 Å². The number of hydrogen-bond donors (Lipinski definition) is 10. The van der Waals surface area contributed by atoms with E-state index in [0.29, 0.717) is 6.42 Å². The molecule has 0 spiro atoms. The predicted molar refractivity (Wildman–Crippen MR) is 159 cm³/mol. The molecule has 0 aliphatic carbocycles. The molecular weight excluding hydrogens is 731 g/mol. The van der Waals surface area contributed by atoms with Crippen molar-refractivity contribution in [2.24, 2.45) is 0 Å². The Morgan fingerprint density at radius 2 is 1.30 bits per heavy atom. The summed E-state index contributed by atoms with van der Waals surface area (Å²) in [6.45, 7) is -0.804. The summed E-state index contributed by atoms with van der Waals surface area (Å²) in [6.07, 6.45) is -21.6. The zero-order chi connectivity index (χ0) is 33.7. The highest BCUT2D eigenvalue weighted by molar-refractivity contribution is 14.1. The lowest BCUT2D eigenvalue weighted by atomic mass is 9.95. The van der Waals surface area contributed by atoms with Crippen molar-refractivity contribution in [2.75, 3.05) is 26.4 Å². The maximum Gasteiger partial charge on any atom is 0.217 e. The average Bonchev–Trinajstić information content (AvgIpc) is 3.03. The SMILES string of the molecule is CC(=O)N[C@H]1[C@H](O[C@@H]2[C@@H](OC[C@H]3O[C@@H](OCCc4ccc([125I])cc4)[C@H](O)[C@@H](O)[C@@H]3O)O[C@H](CO)[C@@H](O)[C@@H]2O)O[C@H](CO)[C@@H](O)[C@@H]1O. The molecule has 4 rings (SSSR count). The minimum absolute atomic E-state index is 0.106. The van der Waals surface area contributed by atoms with Gasteiger partial charge in [-0.25, -0.2) is 0 Å². The van der Waals surface area contributed by atoms with E-state index in [4.69, 9.17) is 28.4 Å². The number of halogens is 1. The van der Waals surface area contributed by atoms with Crippen LogP contribution in [0.15, 0.2) is 24.3 Å². The second-order valence-electron chi connectivity index (χ2n) is 11.3. The molecule has 1 amide bonds. The smallest absolute Gasteiger partial charge is 0.217 e. The average molecular weight is 774 g/mol. The second kappa shape index (κ2) is 17.0. The molecule has 15 atom stereocenters. The maximum atomic E-state index is 11.8. The quantitative estimate of drug-likeness (QED) is 0.0897. The van der Waals surface area contributed by atoms with E-state index < -0.39 is 118 Å². The third-order valence-electron chi connectivity index (χ3n) is 8.05. The van der Waals surface area contributed by atoms with E-state index in [1.165, 1.54) is 0 Å². The van der Waals surface area contributed by atoms with Gasteiger partial charge < -0.3 is 79.7 Å². The molecule has 3 saturated heterocycles. The van der Waals surface area contributed by atoms with Crippen LogP contribution in [0.3, 0.4) is 0 Å². The minimum atomic E-state index is -1.81. The maximum absolute atomic E-state index is 11.8. The van der Waals surface area contributed by atoms with Crippen molar-refractivity contribution in [3.63, 3.8) is 0 Å². The van der Waals surface area contributed by atoms with Crippen molar-refractivity contribution in [1.82, 2.24) is 5.32 Å². The molecule has 262 valence electrons. The van der Waals surface area contributed by atoms with Crippen LogP contribution >= 0.6 is 22.6 Å². The van der Waals surface area contributed by atoms with Crippen molar-refractivity contribution < 1.29 is 79.2 Å². The van der Waals surface area contributed by atoms with Crippen molar-refractivity contribution >= 4 is 28.5 Å². The lowest BCUT2D eigenvalue weighted by Gasteiger charge is -2.47. The Hall–Kier alpha value is -1.18. The van der Waals surface area contributed by atoms with E-state index in [2.05, 4.69) is 27.9 Å². The molecule has 0 unspecified atom stereocenters. The molecule has 1 aromatic carbocycles. The van der Waals surface area contributed by atoms with Crippen LogP contribution < -0.4 is 5.32 Å². The number of hydrogen-bond acceptors (Lipinski definition) is 16. The number of ether oxygens (including phenoxy) is 6. The Bertz CT molecular complexity index is 1100. The van der Waals surface area contributed by atoms with Crippen molar-refractivity contribution in [3.05, 3.63) is 33.4 Å². The van der Waals surface area contributed by atoms with Crippen molar-refractivity contribution in [3.8, 4) is 0 Å². The first-order valence-electron chi connectivity index (χ1n) is 14.7. The van der Waals surface area contributed by atoms with Crippen molar-refractivity contribution in [2.45, 2.75) is 105 Å². The number of aliphatic hydroxyl groups excluding tert-OH is 9. The summed E-state index contributed by atoms with van der Waals surface area (Å²) in [5, 5.41) is 95.7. The zero-order valence-electron chi connectivity index (χ0n) is 24.8. The van der Waals surface area contributed by atoms with Gasteiger partial charge in [0, 0.05) is 10.5 Å². The van der Waals surface area contributed by atoms with E-state index in [9.17, 15) is 50.8 Å². The first kappa shape index (κ1) is 37.6. The van der Waals surface area contributed by atoms with Crippen LogP contribution in [-0.2, 0) is 39.6 Å². The predicted octanol–water partition coefficient (Wildman–Crippen LogP) is -4.56. The summed E-state index contributed by atoms with van der Waals surface area (Å²) in [6, 6.07) is 6.26. The fourth-order valence-electron chi connectivity index (χ4n) is 5.40. The highest BCUT2D eigenvalue weighted by atomic mass is 125. The molecular formula is C28H42INO16. The summed E-state index contributed by atoms with van der Waals surface area (Å²) < 4.78 is 35.2. The summed E-state index contributed by atoms with van der Waals surface area (Å²) in [4.78, 5) is 11.8. The third kappa shape index (κ3) is 8.88. The Labute approximate surface area is 277 Å². The number of nitrogens with one attached hydrogen (secondary N) is 1. The largest absolute Gasteiger partial charge is 0.394 e. The van der Waals surface area contributed by atoms with Gasteiger partial charge in [-0.1, -0.05) is 12.1 Å². The fourth-order valence-corrected chi connectivity index (χ4v) is 5.76. The molecule has 3 fully saturated rings. The van der Waals surface area contributed by atoms with E-state index >= 15 is 0 Å². The molecule has 3 aliphatic heterocycles. The van der Waals surface area contributed by atoms with Gasteiger partial charge in [-0.2, -0.15) is 0 Å². The first-order chi connectivity index (χ1) is 21.9. The molecule has 0 saturated carbocycles. The number of aliphatic hydroxyl groups is 9. The molecule has 1 aromatic rings. The van der Waals surface area contributed by atoms with Crippen LogP contribution in [0.1, 0.15) is 12.5 Å². The summed E-state index contributed by atoms with van der Waals surface area (Å²) in [7, 11) is 0. The van der Waals surface area contributed by atoms with Gasteiger partial charge in [0.05, 0.1) is 26.4 Å². The van der Waals surface area contributed by atoms with Gasteiger partial charge in [-0.3, -0.25) is 4.79 Å². The first-order valence-corrected chi connectivity index (χ1v) is 15.8. The van der Waals surface area contributed by atoms with E-state index in [-0.39, 0.29) is 6.61 Å². The van der Waals surface area contributed by atoms with Crippen LogP contribution in [0.4, 0.5) is 0 Å². The summed E-state index contributed by atoms with van der Waals surface area (Å²) in [5.41, 5.74) is 0.959. The van der Waals surface area contributed by atoms with Gasteiger partial charge in [0.25, 0.3) is 0 Å². The van der Waals surface area contributed by atoms with Crippen LogP contribution in [0.2, 0.25) is 0 Å². The van der Waals surface area contributed by atoms with Crippen LogP contribution in [-0.4, -0.2) is 170 Å². The normalized spacial score (nSPS) is 41.7. The molecule has 10 N–H and O–H groups in total. The molecule has 3 heterocycles. The van der Waals surface area contributed by atoms with Crippen LogP contribution in [0.5, 0.6) is 0 Å². The van der Waals surface area contributed by atoms with Gasteiger partial charge in [-0.15, -0.1) is 0 Å². The Morgan fingerprint density at radius 1 is 0.739 bits per heavy atom. The Morgan fingerprint density at radius 3 is 1.91 bits per heavy atom.